The van der Waals surface area contributed by atoms with Crippen molar-refractivity contribution >= 4 is 55.8 Å². The van der Waals surface area contributed by atoms with Gasteiger partial charge < -0.3 is 4.74 Å². The molecule has 1 unspecified atom stereocenters. The Balaban J connectivity index is 2.60. The standard InChI is InChI=1S/C16H14Cl3NO4S/c1-10(16(19)21)20(11-3-5-12(24-2)6-4-11)25(22,23)13-7-8-14(17)15(18)9-13/h3-10H,1-2H3. The summed E-state index contributed by atoms with van der Waals surface area (Å²) in [5.41, 5.74) is 0.258. The molecule has 0 fully saturated rings. The lowest BCUT2D eigenvalue weighted by Crippen LogP contribution is -2.42. The van der Waals surface area contributed by atoms with E-state index in [2.05, 4.69) is 0 Å². The summed E-state index contributed by atoms with van der Waals surface area (Å²) in [4.78, 5) is 11.6. The Labute approximate surface area is 161 Å². The third-order valence-electron chi connectivity index (χ3n) is 3.46. The van der Waals surface area contributed by atoms with Crippen LogP contribution in [0, 0.1) is 0 Å². The molecular weight excluding hydrogens is 409 g/mol. The molecule has 0 aliphatic heterocycles. The van der Waals surface area contributed by atoms with E-state index in [1.807, 2.05) is 0 Å². The third-order valence-corrected chi connectivity index (χ3v) is 6.40. The van der Waals surface area contributed by atoms with Crippen molar-refractivity contribution in [2.75, 3.05) is 11.4 Å². The molecule has 1 atom stereocenters. The van der Waals surface area contributed by atoms with Crippen LogP contribution in [0.1, 0.15) is 6.92 Å². The van der Waals surface area contributed by atoms with Crippen molar-refractivity contribution in [3.8, 4) is 5.75 Å². The Kier molecular flexibility index (Phi) is 6.21. The average molecular weight is 423 g/mol. The summed E-state index contributed by atoms with van der Waals surface area (Å²) in [6.07, 6.45) is 0. The summed E-state index contributed by atoms with van der Waals surface area (Å²) >= 11 is 17.3. The number of sulfonamides is 1. The molecule has 0 bridgehead atoms. The zero-order chi connectivity index (χ0) is 18.8. The number of rotatable bonds is 6. The Morgan fingerprint density at radius 1 is 1.08 bits per heavy atom. The van der Waals surface area contributed by atoms with Gasteiger partial charge in [-0.25, -0.2) is 8.42 Å². The predicted octanol–water partition coefficient (Wildman–Crippen LogP) is 4.35. The van der Waals surface area contributed by atoms with E-state index in [4.69, 9.17) is 39.5 Å². The van der Waals surface area contributed by atoms with Gasteiger partial charge in [0.05, 0.1) is 27.7 Å². The van der Waals surface area contributed by atoms with E-state index >= 15 is 0 Å². The zero-order valence-corrected chi connectivity index (χ0v) is 16.3. The molecule has 0 aromatic heterocycles. The van der Waals surface area contributed by atoms with Crippen LogP contribution in [-0.2, 0) is 14.8 Å². The maximum atomic E-state index is 13.1. The molecule has 0 aliphatic carbocycles. The van der Waals surface area contributed by atoms with Crippen molar-refractivity contribution in [2.45, 2.75) is 17.9 Å². The van der Waals surface area contributed by atoms with Crippen LogP contribution in [0.4, 0.5) is 5.69 Å². The van der Waals surface area contributed by atoms with Crippen molar-refractivity contribution in [1.82, 2.24) is 0 Å². The van der Waals surface area contributed by atoms with Gasteiger partial charge in [-0.05, 0) is 61.0 Å². The maximum absolute atomic E-state index is 13.1. The van der Waals surface area contributed by atoms with Crippen molar-refractivity contribution in [1.29, 1.82) is 0 Å². The highest BCUT2D eigenvalue weighted by Gasteiger charge is 2.33. The van der Waals surface area contributed by atoms with Crippen LogP contribution in [0.2, 0.25) is 10.0 Å². The number of methoxy groups -OCH3 is 1. The van der Waals surface area contributed by atoms with Crippen LogP contribution in [0.3, 0.4) is 0 Å². The van der Waals surface area contributed by atoms with Crippen LogP contribution in [0.25, 0.3) is 0 Å². The number of hydrogen-bond donors (Lipinski definition) is 0. The average Bonchev–Trinajstić information content (AvgIpc) is 2.57. The number of nitrogens with zero attached hydrogens (tertiary/aromatic N) is 1. The van der Waals surface area contributed by atoms with Crippen LogP contribution in [0.5, 0.6) is 5.75 Å². The highest BCUT2D eigenvalue weighted by Crippen LogP contribution is 2.31. The lowest BCUT2D eigenvalue weighted by atomic mass is 10.2. The minimum absolute atomic E-state index is 0.0854. The topological polar surface area (TPSA) is 63.7 Å². The lowest BCUT2D eigenvalue weighted by molar-refractivity contribution is -0.112. The maximum Gasteiger partial charge on any atom is 0.265 e. The van der Waals surface area contributed by atoms with Crippen molar-refractivity contribution < 1.29 is 17.9 Å². The minimum atomic E-state index is -4.11. The van der Waals surface area contributed by atoms with Crippen LogP contribution in [-0.4, -0.2) is 26.8 Å². The molecule has 134 valence electrons. The first-order valence-electron chi connectivity index (χ1n) is 7.01. The molecule has 0 saturated carbocycles. The van der Waals surface area contributed by atoms with E-state index in [1.165, 1.54) is 44.4 Å². The summed E-state index contributed by atoms with van der Waals surface area (Å²) in [6, 6.07) is 8.97. The number of anilines is 1. The van der Waals surface area contributed by atoms with Gasteiger partial charge in [0.25, 0.3) is 10.0 Å². The molecule has 0 spiro atoms. The first-order valence-corrected chi connectivity index (χ1v) is 9.58. The summed E-state index contributed by atoms with van der Waals surface area (Å²) in [7, 11) is -2.62. The molecule has 2 aromatic rings. The molecule has 25 heavy (non-hydrogen) atoms. The second-order valence-corrected chi connectivity index (χ2v) is 8.06. The van der Waals surface area contributed by atoms with E-state index < -0.39 is 21.3 Å². The summed E-state index contributed by atoms with van der Waals surface area (Å²) in [6.45, 7) is 1.40. The zero-order valence-electron chi connectivity index (χ0n) is 13.2. The first kappa shape index (κ1) is 19.8. The summed E-state index contributed by atoms with van der Waals surface area (Å²) < 4.78 is 32.2. The molecule has 0 radical (unpaired) electrons. The number of benzene rings is 2. The molecule has 9 heteroatoms. The van der Waals surface area contributed by atoms with Gasteiger partial charge in [0, 0.05) is 0 Å². The van der Waals surface area contributed by atoms with Crippen molar-refractivity contribution in [3.05, 3.63) is 52.5 Å². The lowest BCUT2D eigenvalue weighted by Gasteiger charge is -2.28. The van der Waals surface area contributed by atoms with Crippen LogP contribution >= 0.6 is 34.8 Å². The van der Waals surface area contributed by atoms with Gasteiger partial charge in [0.2, 0.25) is 5.24 Å². The van der Waals surface area contributed by atoms with Gasteiger partial charge in [0.15, 0.2) is 0 Å². The Morgan fingerprint density at radius 2 is 1.68 bits per heavy atom. The number of hydrogen-bond acceptors (Lipinski definition) is 4. The largest absolute Gasteiger partial charge is 0.497 e. The fourth-order valence-corrected chi connectivity index (χ4v) is 4.31. The Morgan fingerprint density at radius 3 is 2.16 bits per heavy atom. The molecule has 0 N–H and O–H groups in total. The van der Waals surface area contributed by atoms with E-state index in [1.54, 1.807) is 12.1 Å². The third kappa shape index (κ3) is 4.20. The van der Waals surface area contributed by atoms with Gasteiger partial charge in [-0.3, -0.25) is 9.10 Å². The second kappa shape index (κ2) is 7.83. The summed E-state index contributed by atoms with van der Waals surface area (Å²) in [5, 5.41) is -0.514. The monoisotopic (exact) mass is 421 g/mol. The molecule has 0 aliphatic rings. The number of halogens is 3. The molecule has 0 saturated heterocycles. The Hall–Kier alpha value is -1.47. The highest BCUT2D eigenvalue weighted by molar-refractivity contribution is 7.93. The smallest absolute Gasteiger partial charge is 0.265 e. The fraction of sp³-hybridized carbons (Fsp3) is 0.188. The molecule has 0 amide bonds. The normalized spacial score (nSPS) is 12.5. The number of carbonyl (C=O) groups excluding carboxylic acids is 1. The van der Waals surface area contributed by atoms with Gasteiger partial charge in [0.1, 0.15) is 11.8 Å². The fourth-order valence-electron chi connectivity index (χ4n) is 2.14. The van der Waals surface area contributed by atoms with Gasteiger partial charge >= 0.3 is 0 Å². The quantitative estimate of drug-likeness (QED) is 0.649. The molecule has 2 aromatic carbocycles. The van der Waals surface area contributed by atoms with Gasteiger partial charge in [-0.15, -0.1) is 0 Å². The van der Waals surface area contributed by atoms with Gasteiger partial charge in [-0.1, -0.05) is 23.2 Å². The van der Waals surface area contributed by atoms with Crippen LogP contribution < -0.4 is 9.04 Å². The van der Waals surface area contributed by atoms with Crippen molar-refractivity contribution in [2.24, 2.45) is 0 Å². The van der Waals surface area contributed by atoms with Crippen molar-refractivity contribution in [3.63, 3.8) is 0 Å². The van der Waals surface area contributed by atoms with Crippen LogP contribution in [0.15, 0.2) is 47.4 Å². The van der Waals surface area contributed by atoms with E-state index in [9.17, 15) is 13.2 Å². The SMILES string of the molecule is COc1ccc(N(C(C)C(=O)Cl)S(=O)(=O)c2ccc(Cl)c(Cl)c2)cc1. The molecule has 5 nitrogen and oxygen atoms in total. The van der Waals surface area contributed by atoms with E-state index in [-0.39, 0.29) is 20.6 Å². The Bertz CT molecular complexity index is 885. The number of carbonyl (C=O) groups is 1. The summed E-state index contributed by atoms with van der Waals surface area (Å²) in [5.74, 6) is 0.542. The molecule has 0 heterocycles. The second-order valence-electron chi connectivity index (χ2n) is 5.05. The molecular formula is C16H14Cl3NO4S. The highest BCUT2D eigenvalue weighted by atomic mass is 35.5. The van der Waals surface area contributed by atoms with E-state index in [0.717, 1.165) is 4.31 Å². The van der Waals surface area contributed by atoms with E-state index in [0.29, 0.717) is 5.75 Å². The minimum Gasteiger partial charge on any atom is -0.497 e. The first-order chi connectivity index (χ1) is 11.7. The van der Waals surface area contributed by atoms with Gasteiger partial charge in [-0.2, -0.15) is 0 Å². The number of ether oxygens (including phenoxy) is 1. The molecule has 2 rings (SSSR count). The predicted molar refractivity (Wildman–Crippen MR) is 99.4 cm³/mol.